The molecule has 0 fully saturated rings. The van der Waals surface area contributed by atoms with Crippen LogP contribution in [0, 0.1) is 5.82 Å². The molecule has 7 nitrogen and oxygen atoms in total. The number of carbonyl (C=O) groups excluding carboxylic acids is 3. The number of alkyl carbamates (subject to hydrolysis) is 1. The van der Waals surface area contributed by atoms with Crippen molar-refractivity contribution in [2.24, 2.45) is 0 Å². The van der Waals surface area contributed by atoms with Crippen molar-refractivity contribution in [3.05, 3.63) is 107 Å². The fourth-order valence-electron chi connectivity index (χ4n) is 3.20. The fraction of sp³-hybridized carbons (Fsp3) is 0.222. The molecule has 0 unspecified atom stereocenters. The number of nitrogens with one attached hydrogen (secondary N) is 2. The molecule has 0 aromatic heterocycles. The standard InChI is InChI=1S/C27H27FN2O5/c1-2-21-13-14-22(15-23(21)28)25(31)29-16-24(26(32)34-17-19-9-5-3-6-10-19)30-27(33)35-18-20-11-7-4-8-12-20/h3-15,24H,2,16-18H2,1H3,(H,29,31)(H,30,33)/t24-/m1/s1. The Morgan fingerprint density at radius 3 is 2.03 bits per heavy atom. The van der Waals surface area contributed by atoms with Crippen LogP contribution in [0.25, 0.3) is 0 Å². The molecule has 0 bridgehead atoms. The lowest BCUT2D eigenvalue weighted by molar-refractivity contribution is -0.147. The highest BCUT2D eigenvalue weighted by Gasteiger charge is 2.24. The molecule has 2 amide bonds. The van der Waals surface area contributed by atoms with Gasteiger partial charge >= 0.3 is 12.1 Å². The summed E-state index contributed by atoms with van der Waals surface area (Å²) in [6.45, 7) is 1.54. The predicted octanol–water partition coefficient (Wildman–Crippen LogP) is 4.16. The molecule has 3 aromatic carbocycles. The summed E-state index contributed by atoms with van der Waals surface area (Å²) in [5.74, 6) is -1.83. The first-order valence-corrected chi connectivity index (χ1v) is 11.2. The number of benzene rings is 3. The second-order valence-corrected chi connectivity index (χ2v) is 7.72. The van der Waals surface area contributed by atoms with Crippen LogP contribution in [0.3, 0.4) is 0 Å². The number of hydrogen-bond donors (Lipinski definition) is 2. The molecule has 0 saturated heterocycles. The Morgan fingerprint density at radius 1 is 0.857 bits per heavy atom. The minimum absolute atomic E-state index is 0.00540. The Bertz CT molecular complexity index is 1140. The molecule has 0 aliphatic heterocycles. The van der Waals surface area contributed by atoms with Crippen LogP contribution in [0.4, 0.5) is 9.18 Å². The third kappa shape index (κ3) is 7.96. The van der Waals surface area contributed by atoms with E-state index in [1.54, 1.807) is 24.3 Å². The van der Waals surface area contributed by atoms with Crippen molar-refractivity contribution < 1.29 is 28.2 Å². The number of esters is 1. The van der Waals surface area contributed by atoms with Gasteiger partial charge in [-0.25, -0.2) is 14.0 Å². The monoisotopic (exact) mass is 478 g/mol. The minimum Gasteiger partial charge on any atom is -0.459 e. The molecule has 0 aliphatic carbocycles. The lowest BCUT2D eigenvalue weighted by Crippen LogP contribution is -2.49. The van der Waals surface area contributed by atoms with Crippen molar-refractivity contribution in [1.82, 2.24) is 10.6 Å². The summed E-state index contributed by atoms with van der Waals surface area (Å²) >= 11 is 0. The van der Waals surface area contributed by atoms with Gasteiger partial charge < -0.3 is 20.1 Å². The normalized spacial score (nSPS) is 11.3. The molecule has 0 heterocycles. The van der Waals surface area contributed by atoms with E-state index in [2.05, 4.69) is 10.6 Å². The van der Waals surface area contributed by atoms with Crippen LogP contribution >= 0.6 is 0 Å². The average Bonchev–Trinajstić information content (AvgIpc) is 2.89. The van der Waals surface area contributed by atoms with Gasteiger partial charge in [0, 0.05) is 12.1 Å². The second kappa shape index (κ2) is 12.9. The number of ether oxygens (including phenoxy) is 2. The fourth-order valence-corrected chi connectivity index (χ4v) is 3.20. The molecule has 0 saturated carbocycles. The summed E-state index contributed by atoms with van der Waals surface area (Å²) in [5.41, 5.74) is 2.13. The summed E-state index contributed by atoms with van der Waals surface area (Å²) in [6.07, 6.45) is -0.346. The molecule has 8 heteroatoms. The zero-order chi connectivity index (χ0) is 25.0. The highest BCUT2D eigenvalue weighted by atomic mass is 19.1. The van der Waals surface area contributed by atoms with Gasteiger partial charge in [0.25, 0.3) is 5.91 Å². The van der Waals surface area contributed by atoms with Crippen molar-refractivity contribution in [2.45, 2.75) is 32.6 Å². The van der Waals surface area contributed by atoms with Gasteiger partial charge in [-0.15, -0.1) is 0 Å². The number of amides is 2. The largest absolute Gasteiger partial charge is 0.459 e. The Balaban J connectivity index is 1.62. The van der Waals surface area contributed by atoms with Crippen molar-refractivity contribution in [1.29, 1.82) is 0 Å². The summed E-state index contributed by atoms with van der Waals surface area (Å²) in [4.78, 5) is 37.6. The molecule has 3 rings (SSSR count). The number of halogens is 1. The first kappa shape index (κ1) is 25.4. The molecule has 0 aliphatic rings. The molecule has 0 spiro atoms. The van der Waals surface area contributed by atoms with Crippen LogP contribution in [-0.4, -0.2) is 30.6 Å². The van der Waals surface area contributed by atoms with Gasteiger partial charge in [-0.2, -0.15) is 0 Å². The smallest absolute Gasteiger partial charge is 0.408 e. The SMILES string of the molecule is CCc1ccc(C(=O)NC[C@@H](NC(=O)OCc2ccccc2)C(=O)OCc2ccccc2)cc1F. The van der Waals surface area contributed by atoms with Crippen LogP contribution in [0.5, 0.6) is 0 Å². The van der Waals surface area contributed by atoms with E-state index < -0.39 is 29.8 Å². The number of carbonyl (C=O) groups is 3. The Kier molecular flexibility index (Phi) is 9.36. The molecular formula is C27H27FN2O5. The Morgan fingerprint density at radius 2 is 1.46 bits per heavy atom. The van der Waals surface area contributed by atoms with E-state index in [0.717, 1.165) is 17.2 Å². The Hall–Kier alpha value is -4.20. The van der Waals surface area contributed by atoms with Gasteiger partial charge in [-0.05, 0) is 35.2 Å². The molecular weight excluding hydrogens is 451 g/mol. The van der Waals surface area contributed by atoms with Crippen LogP contribution in [-0.2, 0) is 33.9 Å². The van der Waals surface area contributed by atoms with Crippen LogP contribution < -0.4 is 10.6 Å². The maximum absolute atomic E-state index is 14.1. The van der Waals surface area contributed by atoms with E-state index in [0.29, 0.717) is 12.0 Å². The van der Waals surface area contributed by atoms with Crippen LogP contribution in [0.15, 0.2) is 78.9 Å². The summed E-state index contributed by atoms with van der Waals surface area (Å²) in [5, 5.41) is 4.98. The van der Waals surface area contributed by atoms with Gasteiger partial charge in [-0.1, -0.05) is 73.7 Å². The molecule has 1 atom stereocenters. The van der Waals surface area contributed by atoms with Gasteiger partial charge in [0.15, 0.2) is 0 Å². The maximum Gasteiger partial charge on any atom is 0.408 e. The molecule has 0 radical (unpaired) electrons. The van der Waals surface area contributed by atoms with Crippen molar-refractivity contribution in [2.75, 3.05) is 6.54 Å². The van der Waals surface area contributed by atoms with E-state index in [4.69, 9.17) is 9.47 Å². The second-order valence-electron chi connectivity index (χ2n) is 7.72. The summed E-state index contributed by atoms with van der Waals surface area (Å²) in [6, 6.07) is 21.0. The minimum atomic E-state index is -1.22. The van der Waals surface area contributed by atoms with Gasteiger partial charge in [0.2, 0.25) is 0 Å². The Labute approximate surface area is 203 Å². The average molecular weight is 479 g/mol. The first-order valence-electron chi connectivity index (χ1n) is 11.2. The molecule has 3 aromatic rings. The van der Waals surface area contributed by atoms with Crippen molar-refractivity contribution in [3.8, 4) is 0 Å². The number of rotatable bonds is 10. The van der Waals surface area contributed by atoms with Crippen molar-refractivity contribution >= 4 is 18.0 Å². The molecule has 2 N–H and O–H groups in total. The van der Waals surface area contributed by atoms with Crippen molar-refractivity contribution in [3.63, 3.8) is 0 Å². The van der Waals surface area contributed by atoms with E-state index in [9.17, 15) is 18.8 Å². The number of aryl methyl sites for hydroxylation is 1. The molecule has 35 heavy (non-hydrogen) atoms. The first-order chi connectivity index (χ1) is 17.0. The summed E-state index contributed by atoms with van der Waals surface area (Å²) in [7, 11) is 0. The van der Waals surface area contributed by atoms with E-state index in [-0.39, 0.29) is 25.3 Å². The van der Waals surface area contributed by atoms with Crippen LogP contribution in [0.2, 0.25) is 0 Å². The zero-order valence-electron chi connectivity index (χ0n) is 19.3. The predicted molar refractivity (Wildman–Crippen MR) is 128 cm³/mol. The number of hydrogen-bond acceptors (Lipinski definition) is 5. The van der Waals surface area contributed by atoms with Crippen LogP contribution in [0.1, 0.15) is 34.0 Å². The van der Waals surface area contributed by atoms with Gasteiger partial charge in [0.1, 0.15) is 25.1 Å². The zero-order valence-corrected chi connectivity index (χ0v) is 19.3. The summed E-state index contributed by atoms with van der Waals surface area (Å²) < 4.78 is 24.6. The third-order valence-corrected chi connectivity index (χ3v) is 5.18. The van der Waals surface area contributed by atoms with Gasteiger partial charge in [-0.3, -0.25) is 4.79 Å². The third-order valence-electron chi connectivity index (χ3n) is 5.18. The highest BCUT2D eigenvalue weighted by Crippen LogP contribution is 2.11. The van der Waals surface area contributed by atoms with E-state index in [1.165, 1.54) is 12.1 Å². The quantitative estimate of drug-likeness (QED) is 0.427. The lowest BCUT2D eigenvalue weighted by Gasteiger charge is -2.18. The maximum atomic E-state index is 14.1. The topological polar surface area (TPSA) is 93.7 Å². The van der Waals surface area contributed by atoms with E-state index in [1.807, 2.05) is 43.3 Å². The highest BCUT2D eigenvalue weighted by molar-refractivity contribution is 5.94. The molecule has 182 valence electrons. The van der Waals surface area contributed by atoms with E-state index >= 15 is 0 Å². The van der Waals surface area contributed by atoms with Gasteiger partial charge in [0.05, 0.1) is 0 Å². The lowest BCUT2D eigenvalue weighted by atomic mass is 10.1.